The average molecular weight is 629 g/mol. The molecule has 43 heavy (non-hydrogen) atoms. The second-order valence-electron chi connectivity index (χ2n) is 11.4. The van der Waals surface area contributed by atoms with Crippen molar-refractivity contribution in [1.29, 1.82) is 5.26 Å². The topological polar surface area (TPSA) is 114 Å². The molecule has 1 N–H and O–H groups in total. The molecule has 0 aliphatic heterocycles. The molecule has 0 unspecified atom stereocenters. The third-order valence-corrected chi connectivity index (χ3v) is 9.51. The highest BCUT2D eigenvalue weighted by Gasteiger charge is 2.47. The number of alkyl halides is 5. The lowest BCUT2D eigenvalue weighted by atomic mass is 9.75. The van der Waals surface area contributed by atoms with Crippen LogP contribution < -0.4 is 10.1 Å². The third-order valence-electron chi connectivity index (χ3n) is 7.83. The molecule has 1 amide bonds. The van der Waals surface area contributed by atoms with Crippen molar-refractivity contribution in [2.75, 3.05) is 12.8 Å². The molecule has 1 heterocycles. The number of ether oxygens (including phenoxy) is 1. The lowest BCUT2D eigenvalue weighted by Gasteiger charge is -2.34. The number of rotatable bonds is 10. The molecule has 1 fully saturated rings. The first-order valence-corrected chi connectivity index (χ1v) is 15.4. The molecule has 1 aromatic heterocycles. The zero-order valence-corrected chi connectivity index (χ0v) is 25.0. The van der Waals surface area contributed by atoms with Crippen molar-refractivity contribution in [3.8, 4) is 29.8 Å². The smallest absolute Gasteiger partial charge is 0.394 e. The van der Waals surface area contributed by atoms with Gasteiger partial charge in [-0.3, -0.25) is 9.36 Å². The van der Waals surface area contributed by atoms with Crippen LogP contribution in [0.2, 0.25) is 0 Å². The summed E-state index contributed by atoms with van der Waals surface area (Å²) in [5, 5.41) is 12.0. The number of hydrogen-bond donors (Lipinski definition) is 1. The maximum Gasteiger partial charge on any atom is 0.394 e. The highest BCUT2D eigenvalue weighted by atomic mass is 32.2. The van der Waals surface area contributed by atoms with E-state index in [1.807, 2.05) is 0 Å². The monoisotopic (exact) mass is 628 g/mol. The zero-order valence-electron chi connectivity index (χ0n) is 24.2. The van der Waals surface area contributed by atoms with Crippen LogP contribution in [0.4, 0.5) is 22.0 Å². The Balaban J connectivity index is 1.97. The van der Waals surface area contributed by atoms with E-state index in [2.05, 4.69) is 27.0 Å². The molecule has 3 rings (SSSR count). The molecular formula is C29H33F5N4O4S. The van der Waals surface area contributed by atoms with E-state index >= 15 is 0 Å². The minimum Gasteiger partial charge on any atom is -0.433 e. The van der Waals surface area contributed by atoms with Gasteiger partial charge in [0.15, 0.2) is 5.69 Å². The number of nitrogens with zero attached hydrogens (tertiary/aromatic N) is 3. The van der Waals surface area contributed by atoms with Crippen molar-refractivity contribution in [2.24, 2.45) is 10.8 Å². The van der Waals surface area contributed by atoms with Crippen LogP contribution in [0.3, 0.4) is 0 Å². The first-order valence-electron chi connectivity index (χ1n) is 13.5. The molecule has 1 aromatic carbocycles. The van der Waals surface area contributed by atoms with Crippen molar-refractivity contribution in [2.45, 2.75) is 77.3 Å². The Morgan fingerprint density at radius 2 is 1.91 bits per heavy atom. The lowest BCUT2D eigenvalue weighted by Crippen LogP contribution is -2.41. The van der Waals surface area contributed by atoms with Crippen LogP contribution in [0.5, 0.6) is 5.75 Å². The standard InChI is InChI=1S/C29H33F5N4O4S/c1-6-20-24(25(39)36-17-28(16-35)12-10-19(11-13-28)43(5,40)41)37-23(7-2)38(20)21-9-8-18(14-22(21)42-26(30)31)15-27(3,4)29(32,33)34/h1,8-9,14,19,26H,7,10-13,15,17H2,2-5H3,(H,36,39)/t19-,28-. The van der Waals surface area contributed by atoms with E-state index in [0.717, 1.165) is 26.2 Å². The quantitative estimate of drug-likeness (QED) is 0.280. The van der Waals surface area contributed by atoms with Gasteiger partial charge in [-0.25, -0.2) is 13.4 Å². The number of carbonyl (C=O) groups is 1. The molecule has 0 saturated heterocycles. The van der Waals surface area contributed by atoms with E-state index in [4.69, 9.17) is 6.42 Å². The summed E-state index contributed by atoms with van der Waals surface area (Å²) in [5.41, 5.74) is -3.43. The summed E-state index contributed by atoms with van der Waals surface area (Å²) in [7, 11) is -3.27. The van der Waals surface area contributed by atoms with Crippen molar-refractivity contribution in [3.63, 3.8) is 0 Å². The van der Waals surface area contributed by atoms with Crippen LogP contribution in [0, 0.1) is 34.5 Å². The molecule has 0 radical (unpaired) electrons. The first kappa shape index (κ1) is 33.8. The average Bonchev–Trinajstić information content (AvgIpc) is 3.29. The molecule has 1 saturated carbocycles. The van der Waals surface area contributed by atoms with Crippen LogP contribution in [0.1, 0.15) is 74.0 Å². The Morgan fingerprint density at radius 1 is 1.28 bits per heavy atom. The minimum atomic E-state index is -4.55. The van der Waals surface area contributed by atoms with E-state index in [-0.39, 0.29) is 67.1 Å². The summed E-state index contributed by atoms with van der Waals surface area (Å²) in [6.45, 7) is 0.263. The molecule has 234 valence electrons. The van der Waals surface area contributed by atoms with E-state index in [1.54, 1.807) is 6.92 Å². The number of aryl methyl sites for hydroxylation is 1. The van der Waals surface area contributed by atoms with Crippen LogP contribution >= 0.6 is 0 Å². The number of halogens is 5. The largest absolute Gasteiger partial charge is 0.433 e. The molecule has 0 bridgehead atoms. The summed E-state index contributed by atoms with van der Waals surface area (Å²) in [6.07, 6.45) is 3.07. The van der Waals surface area contributed by atoms with Crippen LogP contribution in [0.15, 0.2) is 18.2 Å². The van der Waals surface area contributed by atoms with E-state index in [1.165, 1.54) is 16.7 Å². The maximum absolute atomic E-state index is 13.5. The summed E-state index contributed by atoms with van der Waals surface area (Å²) >= 11 is 0. The van der Waals surface area contributed by atoms with Crippen molar-refractivity contribution in [1.82, 2.24) is 14.9 Å². The van der Waals surface area contributed by atoms with Gasteiger partial charge in [-0.05, 0) is 55.7 Å². The summed E-state index contributed by atoms with van der Waals surface area (Å²) in [4.78, 5) is 17.6. The number of nitrogens with one attached hydrogen (secondary N) is 1. The van der Waals surface area contributed by atoms with Gasteiger partial charge in [0.2, 0.25) is 0 Å². The Labute approximate surface area is 247 Å². The number of amides is 1. The molecule has 14 heteroatoms. The van der Waals surface area contributed by atoms with E-state index in [0.29, 0.717) is 0 Å². The molecule has 1 aliphatic rings. The van der Waals surface area contributed by atoms with Gasteiger partial charge in [0.1, 0.15) is 27.1 Å². The number of benzene rings is 1. The van der Waals surface area contributed by atoms with Crippen molar-refractivity contribution < 1.29 is 39.9 Å². The maximum atomic E-state index is 13.5. The van der Waals surface area contributed by atoms with Gasteiger partial charge in [-0.15, -0.1) is 6.42 Å². The number of terminal acetylenes is 1. The van der Waals surface area contributed by atoms with Gasteiger partial charge in [-0.2, -0.15) is 27.2 Å². The molecule has 2 aromatic rings. The minimum absolute atomic E-state index is 0.0437. The van der Waals surface area contributed by atoms with E-state index < -0.39 is 56.8 Å². The van der Waals surface area contributed by atoms with Crippen molar-refractivity contribution in [3.05, 3.63) is 41.0 Å². The predicted octanol–water partition coefficient (Wildman–Crippen LogP) is 5.38. The number of nitriles is 1. The summed E-state index contributed by atoms with van der Waals surface area (Å²) < 4.78 is 97.0. The van der Waals surface area contributed by atoms with Crippen molar-refractivity contribution >= 4 is 15.7 Å². The molecule has 0 spiro atoms. The normalized spacial score (nSPS) is 19.5. The highest BCUT2D eigenvalue weighted by Crippen LogP contribution is 2.41. The highest BCUT2D eigenvalue weighted by molar-refractivity contribution is 7.91. The fourth-order valence-electron chi connectivity index (χ4n) is 5.14. The summed E-state index contributed by atoms with van der Waals surface area (Å²) in [5.74, 6) is 1.36. The van der Waals surface area contributed by atoms with Gasteiger partial charge >= 0.3 is 12.8 Å². The molecule has 0 atom stereocenters. The SMILES string of the molecule is C#Cc1c(C(=O)NC[C@]2(C#N)CC[C@@H](S(C)(=O)=O)CC2)nc(CC)n1-c1ccc(CC(C)(C)C(F)(F)F)cc1OC(F)F. The fraction of sp³-hybridized carbons (Fsp3) is 0.552. The Kier molecular flexibility index (Phi) is 9.86. The molecular weight excluding hydrogens is 595 g/mol. The van der Waals surface area contributed by atoms with Gasteiger partial charge in [0, 0.05) is 19.2 Å². The van der Waals surface area contributed by atoms with Gasteiger partial charge in [0.25, 0.3) is 5.91 Å². The number of sulfone groups is 1. The van der Waals surface area contributed by atoms with Gasteiger partial charge in [-0.1, -0.05) is 26.8 Å². The number of aromatic nitrogens is 2. The zero-order chi connectivity index (χ0) is 32.4. The second kappa shape index (κ2) is 12.5. The second-order valence-corrected chi connectivity index (χ2v) is 13.7. The Bertz CT molecular complexity index is 1540. The number of hydrogen-bond acceptors (Lipinski definition) is 6. The fourth-order valence-corrected chi connectivity index (χ4v) is 6.23. The van der Waals surface area contributed by atoms with Gasteiger partial charge < -0.3 is 10.1 Å². The molecule has 1 aliphatic carbocycles. The third kappa shape index (κ3) is 7.47. The number of carbonyl (C=O) groups excluding carboxylic acids is 1. The Hall–Kier alpha value is -3.65. The lowest BCUT2D eigenvalue weighted by molar-refractivity contribution is -0.211. The van der Waals surface area contributed by atoms with Crippen LogP contribution in [0.25, 0.3) is 5.69 Å². The van der Waals surface area contributed by atoms with E-state index in [9.17, 15) is 40.4 Å². The first-order chi connectivity index (χ1) is 19.9. The molecule has 8 nitrogen and oxygen atoms in total. The van der Waals surface area contributed by atoms with Gasteiger partial charge in [0.05, 0.1) is 27.8 Å². The van der Waals surface area contributed by atoms with Crippen LogP contribution in [-0.2, 0) is 22.7 Å². The van der Waals surface area contributed by atoms with Crippen LogP contribution in [-0.4, -0.2) is 54.7 Å². The Morgan fingerprint density at radius 3 is 2.40 bits per heavy atom. The number of imidazole rings is 1. The predicted molar refractivity (Wildman–Crippen MR) is 149 cm³/mol. The summed E-state index contributed by atoms with van der Waals surface area (Å²) in [6, 6.07) is 5.91.